The highest BCUT2D eigenvalue weighted by Gasteiger charge is 2.18. The third kappa shape index (κ3) is 8.60. The second-order valence-electron chi connectivity index (χ2n) is 16.8. The van der Waals surface area contributed by atoms with Crippen LogP contribution in [0.2, 0.25) is 0 Å². The zero-order valence-electron chi connectivity index (χ0n) is 37.6. The summed E-state index contributed by atoms with van der Waals surface area (Å²) in [6, 6.07) is 89.8. The first-order valence-corrected chi connectivity index (χ1v) is 22.9. The van der Waals surface area contributed by atoms with Gasteiger partial charge in [0.2, 0.25) is 0 Å². The van der Waals surface area contributed by atoms with Gasteiger partial charge in [-0.3, -0.25) is 9.97 Å². The standard InChI is InChI=1S/C63H47N5/c1-66-62(52-26-34-56(35-27-52)67(54-30-22-48(23-31-54)46-14-6-2-7-15-46)58-38-40-60(64-44-58)50-18-10-4-11-19-50)42-43-63(66)53-28-36-57(37-29-53)68(55-32-24-49(25-33-55)47-16-8-3-9-17-47)59-39-41-61(65-45-59)51-20-12-5-13-21-51/h2-45H,1H3. The van der Waals surface area contributed by atoms with Crippen molar-refractivity contribution in [3.05, 3.63) is 267 Å². The SMILES string of the molecule is Cn1c(-c2ccc(N(c3ccc(-c4ccccc4)cc3)c3ccc(-c4ccccc4)nc3)cc2)ccc1-c1ccc(N(c2ccc(-c3ccccc3)cc2)c2ccc(-c3ccccc3)nc2)cc1. The van der Waals surface area contributed by atoms with Crippen LogP contribution in [0.25, 0.3) is 67.3 Å². The number of hydrogen-bond donors (Lipinski definition) is 0. The Kier molecular flexibility index (Phi) is 11.5. The van der Waals surface area contributed by atoms with Gasteiger partial charge in [0.25, 0.3) is 0 Å². The maximum absolute atomic E-state index is 4.92. The topological polar surface area (TPSA) is 37.2 Å². The quantitative estimate of drug-likeness (QED) is 0.123. The minimum Gasteiger partial charge on any atom is -0.344 e. The molecule has 8 aromatic carbocycles. The maximum Gasteiger partial charge on any atom is 0.0703 e. The molecular weight excluding hydrogens is 827 g/mol. The molecule has 0 aliphatic heterocycles. The average molecular weight is 874 g/mol. The highest BCUT2D eigenvalue weighted by Crippen LogP contribution is 2.40. The van der Waals surface area contributed by atoms with Crippen molar-refractivity contribution in [1.82, 2.24) is 14.5 Å². The molecule has 68 heavy (non-hydrogen) atoms. The van der Waals surface area contributed by atoms with E-state index < -0.39 is 0 Å². The van der Waals surface area contributed by atoms with Crippen molar-refractivity contribution < 1.29 is 0 Å². The molecule has 3 aromatic heterocycles. The molecule has 0 aliphatic carbocycles. The number of nitrogens with zero attached hydrogens (tertiary/aromatic N) is 5. The first kappa shape index (κ1) is 41.6. The molecule has 0 aliphatic rings. The Labute approximate surface area is 398 Å². The van der Waals surface area contributed by atoms with Crippen molar-refractivity contribution in [3.8, 4) is 67.3 Å². The molecule has 0 radical (unpaired) electrons. The van der Waals surface area contributed by atoms with Crippen molar-refractivity contribution in [1.29, 1.82) is 0 Å². The van der Waals surface area contributed by atoms with Crippen LogP contribution in [0.5, 0.6) is 0 Å². The van der Waals surface area contributed by atoms with Crippen LogP contribution in [0.3, 0.4) is 0 Å². The van der Waals surface area contributed by atoms with Crippen LogP contribution in [0, 0.1) is 0 Å². The monoisotopic (exact) mass is 873 g/mol. The molecule has 0 atom stereocenters. The largest absolute Gasteiger partial charge is 0.344 e. The lowest BCUT2D eigenvalue weighted by Gasteiger charge is -2.26. The van der Waals surface area contributed by atoms with E-state index in [9.17, 15) is 0 Å². The van der Waals surface area contributed by atoms with Gasteiger partial charge in [-0.25, -0.2) is 0 Å². The van der Waals surface area contributed by atoms with E-state index in [1.165, 1.54) is 22.3 Å². The second kappa shape index (κ2) is 18.8. The van der Waals surface area contributed by atoms with Gasteiger partial charge in [-0.1, -0.05) is 170 Å². The molecule has 11 aromatic rings. The molecule has 5 heteroatoms. The van der Waals surface area contributed by atoms with E-state index in [0.29, 0.717) is 0 Å². The zero-order chi connectivity index (χ0) is 45.7. The van der Waals surface area contributed by atoms with Crippen molar-refractivity contribution in [2.75, 3.05) is 9.80 Å². The molecule has 0 bridgehead atoms. The number of benzene rings is 8. The first-order chi connectivity index (χ1) is 33.6. The lowest BCUT2D eigenvalue weighted by molar-refractivity contribution is 0.946. The molecule has 0 unspecified atom stereocenters. The van der Waals surface area contributed by atoms with E-state index in [1.54, 1.807) is 0 Å². The summed E-state index contributed by atoms with van der Waals surface area (Å²) in [7, 11) is 2.15. The molecule has 11 rings (SSSR count). The fourth-order valence-electron chi connectivity index (χ4n) is 9.01. The van der Waals surface area contributed by atoms with Crippen LogP contribution in [0.4, 0.5) is 34.1 Å². The predicted octanol–water partition coefficient (Wildman–Crippen LogP) is 16.8. The minimum atomic E-state index is 0.940. The maximum atomic E-state index is 4.92. The average Bonchev–Trinajstić information content (AvgIpc) is 3.81. The van der Waals surface area contributed by atoms with Crippen LogP contribution >= 0.6 is 0 Å². The second-order valence-corrected chi connectivity index (χ2v) is 16.8. The third-order valence-corrected chi connectivity index (χ3v) is 12.6. The van der Waals surface area contributed by atoms with E-state index in [0.717, 1.165) is 79.2 Å². The Morgan fingerprint density at radius 2 is 0.515 bits per heavy atom. The fraction of sp³-hybridized carbons (Fsp3) is 0.0159. The summed E-state index contributed by atoms with van der Waals surface area (Å²) in [4.78, 5) is 14.4. The Morgan fingerprint density at radius 1 is 0.250 bits per heavy atom. The van der Waals surface area contributed by atoms with Crippen molar-refractivity contribution in [3.63, 3.8) is 0 Å². The lowest BCUT2D eigenvalue weighted by atomic mass is 10.0. The van der Waals surface area contributed by atoms with Gasteiger partial charge in [0.1, 0.15) is 0 Å². The Balaban J connectivity index is 0.882. The van der Waals surface area contributed by atoms with Gasteiger partial charge in [-0.05, 0) is 118 Å². The van der Waals surface area contributed by atoms with E-state index in [4.69, 9.17) is 9.97 Å². The molecule has 0 saturated heterocycles. The molecule has 324 valence electrons. The van der Waals surface area contributed by atoms with E-state index in [1.807, 2.05) is 48.8 Å². The van der Waals surface area contributed by atoms with Gasteiger partial charge in [0.15, 0.2) is 0 Å². The number of hydrogen-bond acceptors (Lipinski definition) is 4. The van der Waals surface area contributed by atoms with Crippen LogP contribution in [-0.4, -0.2) is 14.5 Å². The molecule has 0 spiro atoms. The van der Waals surface area contributed by atoms with Crippen LogP contribution in [-0.2, 0) is 7.05 Å². The molecule has 3 heterocycles. The summed E-state index contributed by atoms with van der Waals surface area (Å²) in [6.07, 6.45) is 3.94. The van der Waals surface area contributed by atoms with Gasteiger partial charge in [0.05, 0.1) is 35.2 Å². The van der Waals surface area contributed by atoms with Crippen LogP contribution < -0.4 is 9.80 Å². The van der Waals surface area contributed by atoms with Gasteiger partial charge >= 0.3 is 0 Å². The van der Waals surface area contributed by atoms with Gasteiger partial charge in [-0.2, -0.15) is 0 Å². The number of rotatable bonds is 12. The van der Waals surface area contributed by atoms with Crippen molar-refractivity contribution in [2.24, 2.45) is 7.05 Å². The summed E-state index contributed by atoms with van der Waals surface area (Å²) in [5, 5.41) is 0. The number of pyridine rings is 2. The van der Waals surface area contributed by atoms with Crippen molar-refractivity contribution >= 4 is 34.1 Å². The van der Waals surface area contributed by atoms with Gasteiger partial charge in [-0.15, -0.1) is 0 Å². The summed E-state index contributed by atoms with van der Waals surface area (Å²) in [6.45, 7) is 0. The lowest BCUT2D eigenvalue weighted by Crippen LogP contribution is -2.10. The Bertz CT molecular complexity index is 2970. The summed E-state index contributed by atoms with van der Waals surface area (Å²) < 4.78 is 2.28. The minimum absolute atomic E-state index is 0.940. The summed E-state index contributed by atoms with van der Waals surface area (Å²) in [5.41, 5.74) is 19.5. The fourth-order valence-corrected chi connectivity index (χ4v) is 9.01. The molecular formula is C63H47N5. The smallest absolute Gasteiger partial charge is 0.0703 e. The van der Waals surface area contributed by atoms with Gasteiger partial charge < -0.3 is 14.4 Å². The van der Waals surface area contributed by atoms with Crippen LogP contribution in [0.15, 0.2) is 267 Å². The van der Waals surface area contributed by atoms with Crippen LogP contribution in [0.1, 0.15) is 0 Å². The summed E-state index contributed by atoms with van der Waals surface area (Å²) >= 11 is 0. The zero-order valence-corrected chi connectivity index (χ0v) is 37.6. The number of aromatic nitrogens is 3. The predicted molar refractivity (Wildman–Crippen MR) is 283 cm³/mol. The molecule has 0 N–H and O–H groups in total. The van der Waals surface area contributed by atoms with Crippen molar-refractivity contribution in [2.45, 2.75) is 0 Å². The normalized spacial score (nSPS) is 11.0. The van der Waals surface area contributed by atoms with E-state index in [-0.39, 0.29) is 0 Å². The highest BCUT2D eigenvalue weighted by atomic mass is 15.2. The Hall–Kier alpha value is -9.06. The Morgan fingerprint density at radius 3 is 0.809 bits per heavy atom. The van der Waals surface area contributed by atoms with E-state index in [2.05, 4.69) is 240 Å². The van der Waals surface area contributed by atoms with E-state index >= 15 is 0 Å². The molecule has 0 saturated carbocycles. The molecule has 0 amide bonds. The highest BCUT2D eigenvalue weighted by molar-refractivity contribution is 5.83. The molecule has 5 nitrogen and oxygen atoms in total. The summed E-state index contributed by atoms with van der Waals surface area (Å²) in [5.74, 6) is 0. The number of anilines is 6. The molecule has 0 fully saturated rings. The van der Waals surface area contributed by atoms with Gasteiger partial charge in [0, 0.05) is 52.3 Å². The third-order valence-electron chi connectivity index (χ3n) is 12.6. The first-order valence-electron chi connectivity index (χ1n) is 22.9.